The van der Waals surface area contributed by atoms with E-state index in [0.29, 0.717) is 0 Å². The van der Waals surface area contributed by atoms with Crippen LogP contribution in [0, 0.1) is 0 Å². The molecule has 0 radical (unpaired) electrons. The average Bonchev–Trinajstić information content (AvgIpc) is 1.88. The third kappa shape index (κ3) is 9.99. The highest BCUT2D eigenvalue weighted by Gasteiger charge is 2.00. The molecule has 0 aromatic heterocycles. The van der Waals surface area contributed by atoms with E-state index in [0.717, 1.165) is 0 Å². The summed E-state index contributed by atoms with van der Waals surface area (Å²) < 4.78 is 0. The van der Waals surface area contributed by atoms with Gasteiger partial charge in [-0.05, 0) is 6.92 Å². The van der Waals surface area contributed by atoms with Crippen LogP contribution >= 0.6 is 0 Å². The largest absolute Gasteiger partial charge is 0.353 e. The van der Waals surface area contributed by atoms with Gasteiger partial charge in [0.15, 0.2) is 0 Å². The number of hydrogen-bond acceptors (Lipinski definition) is 2. The Morgan fingerprint density at radius 2 is 1.90 bits per heavy atom. The zero-order chi connectivity index (χ0) is 8.57. The summed E-state index contributed by atoms with van der Waals surface area (Å²) in [6.45, 7) is 6.47. The van der Waals surface area contributed by atoms with Gasteiger partial charge in [0.05, 0.1) is 0 Å². The van der Waals surface area contributed by atoms with E-state index >= 15 is 0 Å². The summed E-state index contributed by atoms with van der Waals surface area (Å²) in [5, 5.41) is 2.18. The van der Waals surface area contributed by atoms with Gasteiger partial charge in [-0.2, -0.15) is 0 Å². The van der Waals surface area contributed by atoms with Crippen molar-refractivity contribution in [2.75, 3.05) is 7.05 Å². The summed E-state index contributed by atoms with van der Waals surface area (Å²) in [6, 6.07) is 0. The molecular formula is C7H15NO2. The molecule has 0 saturated heterocycles. The molecule has 10 heavy (non-hydrogen) atoms. The molecule has 0 heterocycles. The first-order valence-electron chi connectivity index (χ1n) is 2.89. The van der Waals surface area contributed by atoms with Crippen LogP contribution in [0.2, 0.25) is 0 Å². The van der Waals surface area contributed by atoms with E-state index in [2.05, 4.69) is 11.9 Å². The van der Waals surface area contributed by atoms with Crippen LogP contribution in [0.25, 0.3) is 0 Å². The molecule has 3 heteroatoms. The Labute approximate surface area is 62.6 Å². The summed E-state index contributed by atoms with van der Waals surface area (Å²) in [7, 11) is 1.42. The Balaban J connectivity index is -0.000000140. The molecule has 0 aromatic rings. The lowest BCUT2D eigenvalue weighted by Crippen LogP contribution is -2.24. The van der Waals surface area contributed by atoms with Crippen LogP contribution in [0.3, 0.4) is 0 Å². The number of allylic oxidation sites excluding steroid dienone is 1. The molecule has 0 fully saturated rings. The molecule has 0 aliphatic heterocycles. The second kappa shape index (κ2) is 7.88. The molecule has 60 valence electrons. The Hall–Kier alpha value is -1.12. The number of rotatable bonds is 1. The molecular weight excluding hydrogens is 130 g/mol. The maximum absolute atomic E-state index is 10.1. The maximum atomic E-state index is 10.1. The van der Waals surface area contributed by atoms with E-state index in [1.165, 1.54) is 14.0 Å². The minimum atomic E-state index is -0.542. The summed E-state index contributed by atoms with van der Waals surface area (Å²) in [5.41, 5.74) is 0. The Morgan fingerprint density at radius 1 is 1.60 bits per heavy atom. The zero-order valence-corrected chi connectivity index (χ0v) is 6.60. The van der Waals surface area contributed by atoms with E-state index < -0.39 is 11.7 Å². The normalized spacial score (nSPS) is 6.70. The summed E-state index contributed by atoms with van der Waals surface area (Å²) in [6.07, 6.45) is 1.75. The first-order valence-corrected chi connectivity index (χ1v) is 2.89. The van der Waals surface area contributed by atoms with Crippen LogP contribution in [0.4, 0.5) is 0 Å². The van der Waals surface area contributed by atoms with Crippen LogP contribution in [-0.2, 0) is 9.59 Å². The number of amides is 1. The van der Waals surface area contributed by atoms with Crippen molar-refractivity contribution in [1.82, 2.24) is 5.32 Å². The van der Waals surface area contributed by atoms with Gasteiger partial charge in [0.25, 0.3) is 5.91 Å². The van der Waals surface area contributed by atoms with E-state index in [4.69, 9.17) is 0 Å². The number of carbonyl (C=O) groups excluding carboxylic acids is 2. The van der Waals surface area contributed by atoms with Gasteiger partial charge in [-0.3, -0.25) is 9.59 Å². The Kier molecular flexibility index (Phi) is 9.18. The van der Waals surface area contributed by atoms with E-state index in [1.807, 2.05) is 6.92 Å². The third-order valence-electron chi connectivity index (χ3n) is 0.547. The molecule has 0 aromatic carbocycles. The predicted octanol–water partition coefficient (Wildman–Crippen LogP) is 0.760. The van der Waals surface area contributed by atoms with Gasteiger partial charge < -0.3 is 5.32 Å². The van der Waals surface area contributed by atoms with Crippen molar-refractivity contribution in [3.63, 3.8) is 0 Å². The van der Waals surface area contributed by atoms with Gasteiger partial charge in [0.1, 0.15) is 0 Å². The van der Waals surface area contributed by atoms with Gasteiger partial charge in [0.2, 0.25) is 5.78 Å². The van der Waals surface area contributed by atoms with Crippen LogP contribution < -0.4 is 5.32 Å². The van der Waals surface area contributed by atoms with Crippen LogP contribution in [0.15, 0.2) is 12.7 Å². The van der Waals surface area contributed by atoms with Gasteiger partial charge >= 0.3 is 0 Å². The van der Waals surface area contributed by atoms with Gasteiger partial charge in [0, 0.05) is 15.4 Å². The van der Waals surface area contributed by atoms with Crippen molar-refractivity contribution in [1.29, 1.82) is 0 Å². The quantitative estimate of drug-likeness (QED) is 0.437. The van der Waals surface area contributed by atoms with Gasteiger partial charge in [-0.1, -0.05) is 6.08 Å². The maximum Gasteiger partial charge on any atom is 0.286 e. The number of Topliss-reactive ketones (excluding diaryl/α,β-unsaturated/α-hetero) is 1. The fourth-order valence-corrected chi connectivity index (χ4v) is 0.176. The highest BCUT2D eigenvalue weighted by Crippen LogP contribution is 1.63. The van der Waals surface area contributed by atoms with E-state index in [9.17, 15) is 9.59 Å². The summed E-state index contributed by atoms with van der Waals surface area (Å²) in [5.74, 6) is -0.998. The third-order valence-corrected chi connectivity index (χ3v) is 0.547. The second-order valence-corrected chi connectivity index (χ2v) is 1.54. The first kappa shape index (κ1) is 11.6. The van der Waals surface area contributed by atoms with Crippen LogP contribution in [0.5, 0.6) is 0 Å². The van der Waals surface area contributed by atoms with E-state index in [1.54, 1.807) is 6.08 Å². The minimum Gasteiger partial charge on any atom is -0.353 e. The molecule has 0 bridgehead atoms. The first-order chi connectivity index (χ1) is 4.59. The number of hydrogen-bond donors (Lipinski definition) is 1. The molecule has 0 aliphatic carbocycles. The van der Waals surface area contributed by atoms with Gasteiger partial charge in [-0.15, -0.1) is 6.58 Å². The topological polar surface area (TPSA) is 46.2 Å². The van der Waals surface area contributed by atoms with Crippen LogP contribution in [0.1, 0.15) is 15.3 Å². The minimum absolute atomic E-state index is 0. The number of ketones is 1. The SMILES string of the molecule is C=CC.CNC(=O)C(C)=O.[HH]. The van der Waals surface area contributed by atoms with Crippen molar-refractivity contribution >= 4 is 11.7 Å². The molecule has 0 saturated carbocycles. The smallest absolute Gasteiger partial charge is 0.286 e. The fraction of sp³-hybridized carbons (Fsp3) is 0.429. The second-order valence-electron chi connectivity index (χ2n) is 1.54. The molecule has 0 rings (SSSR count). The zero-order valence-electron chi connectivity index (χ0n) is 6.60. The molecule has 1 N–H and O–H groups in total. The summed E-state index contributed by atoms with van der Waals surface area (Å²) in [4.78, 5) is 20.0. The molecule has 0 atom stereocenters. The van der Waals surface area contributed by atoms with E-state index in [-0.39, 0.29) is 1.43 Å². The lowest BCUT2D eigenvalue weighted by Gasteiger charge is -1.86. The Bertz CT molecular complexity index is 134. The predicted molar refractivity (Wildman–Crippen MR) is 42.7 cm³/mol. The van der Waals surface area contributed by atoms with Crippen molar-refractivity contribution in [2.24, 2.45) is 0 Å². The molecule has 0 unspecified atom stereocenters. The summed E-state index contributed by atoms with van der Waals surface area (Å²) >= 11 is 0. The van der Waals surface area contributed by atoms with Crippen molar-refractivity contribution < 1.29 is 11.0 Å². The lowest BCUT2D eigenvalue weighted by atomic mass is 10.4. The molecule has 0 spiro atoms. The standard InChI is InChI=1S/C4H7NO2.C3H6.H2/c1-3(6)4(7)5-2;1-3-2;/h1-2H3,(H,5,7);3H,1H2,2H3;1H. The average molecular weight is 145 g/mol. The number of nitrogens with one attached hydrogen (secondary N) is 1. The van der Waals surface area contributed by atoms with Crippen molar-refractivity contribution in [3.05, 3.63) is 12.7 Å². The number of likely N-dealkylation sites (N-methyl/N-ethyl adjacent to an activating group) is 1. The van der Waals surface area contributed by atoms with Crippen molar-refractivity contribution in [3.8, 4) is 0 Å². The number of carbonyl (C=O) groups is 2. The molecule has 3 nitrogen and oxygen atoms in total. The van der Waals surface area contributed by atoms with Gasteiger partial charge in [-0.25, -0.2) is 0 Å². The highest BCUT2D eigenvalue weighted by atomic mass is 16.2. The monoisotopic (exact) mass is 145 g/mol. The Morgan fingerprint density at radius 3 is 1.90 bits per heavy atom. The lowest BCUT2D eigenvalue weighted by molar-refractivity contribution is -0.136. The van der Waals surface area contributed by atoms with Crippen molar-refractivity contribution in [2.45, 2.75) is 13.8 Å². The molecule has 0 aliphatic rings. The molecule has 1 amide bonds. The fourth-order valence-electron chi connectivity index (χ4n) is 0.176. The van der Waals surface area contributed by atoms with Crippen LogP contribution in [-0.4, -0.2) is 18.7 Å². The highest BCUT2D eigenvalue weighted by molar-refractivity contribution is 6.35.